The van der Waals surface area contributed by atoms with E-state index in [0.717, 1.165) is 33.1 Å². The molecule has 0 aliphatic carbocycles. The van der Waals surface area contributed by atoms with E-state index < -0.39 is 5.97 Å². The summed E-state index contributed by atoms with van der Waals surface area (Å²) in [5.41, 5.74) is 4.36. The van der Waals surface area contributed by atoms with Gasteiger partial charge in [-0.1, -0.05) is 30.8 Å². The average Bonchev–Trinajstić information content (AvgIpc) is 2.87. The second kappa shape index (κ2) is 7.40. The largest absolute Gasteiger partial charge is 0.478 e. The van der Waals surface area contributed by atoms with Crippen LogP contribution >= 0.6 is 11.8 Å². The van der Waals surface area contributed by atoms with Gasteiger partial charge in [0.15, 0.2) is 5.16 Å². The van der Waals surface area contributed by atoms with Crippen molar-refractivity contribution in [2.45, 2.75) is 17.8 Å². The van der Waals surface area contributed by atoms with Crippen LogP contribution in [-0.4, -0.2) is 21.0 Å². The average molecular weight is 386 g/mol. The Morgan fingerprint density at radius 1 is 1.36 bits per heavy atom. The topological polar surface area (TPSA) is 66.0 Å². The number of imidazole rings is 1. The number of aryl methyl sites for hydroxylation is 1. The Morgan fingerprint density at radius 3 is 2.77 bits per heavy atom. The monoisotopic (exact) mass is 386 g/mol. The predicted octanol–water partition coefficient (Wildman–Crippen LogP) is 3.66. The van der Waals surface area contributed by atoms with E-state index in [4.69, 9.17) is 5.11 Å². The number of hydrogen-bond acceptors (Lipinski definition) is 3. The molecule has 109 valence electrons. The van der Waals surface area contributed by atoms with Crippen molar-refractivity contribution >= 4 is 28.8 Å². The third kappa shape index (κ3) is 3.97. The van der Waals surface area contributed by atoms with Crippen molar-refractivity contribution in [1.29, 1.82) is 0 Å². The van der Waals surface area contributed by atoms with E-state index in [1.807, 2.05) is 31.2 Å². The first-order chi connectivity index (χ1) is 10.1. The molecule has 0 fully saturated rings. The number of aromatic amines is 1. The minimum Gasteiger partial charge on any atom is -0.478 e. The van der Waals surface area contributed by atoms with Crippen molar-refractivity contribution in [3.05, 3.63) is 59.2 Å². The van der Waals surface area contributed by atoms with E-state index in [1.54, 1.807) is 23.9 Å². The molecule has 3 aromatic rings. The summed E-state index contributed by atoms with van der Waals surface area (Å²) in [6.07, 6.45) is 0. The van der Waals surface area contributed by atoms with Crippen molar-refractivity contribution in [3.8, 4) is 0 Å². The molecule has 1 aromatic heterocycles. The van der Waals surface area contributed by atoms with Gasteiger partial charge in [0.05, 0.1) is 5.56 Å². The van der Waals surface area contributed by atoms with Crippen LogP contribution < -0.4 is 0 Å². The Labute approximate surface area is 157 Å². The van der Waals surface area contributed by atoms with Gasteiger partial charge in [-0.2, -0.15) is 11.6 Å². The number of rotatable bonds is 4. The number of carboxylic acids is 1. The van der Waals surface area contributed by atoms with E-state index in [9.17, 15) is 4.79 Å². The number of nitrogens with one attached hydrogen (secondary N) is 1. The number of benzene rings is 2. The smallest absolute Gasteiger partial charge is 0.335 e. The molecule has 1 heterocycles. The quantitative estimate of drug-likeness (QED) is 0.531. The summed E-state index contributed by atoms with van der Waals surface area (Å²) < 4.78 is 0. The maximum absolute atomic E-state index is 10.8. The van der Waals surface area contributed by atoms with E-state index in [-0.39, 0.29) is 32.7 Å². The van der Waals surface area contributed by atoms with Crippen molar-refractivity contribution in [1.82, 2.24) is 9.97 Å². The molecule has 0 saturated heterocycles. The van der Waals surface area contributed by atoms with Gasteiger partial charge in [-0.3, -0.25) is 4.98 Å². The summed E-state index contributed by atoms with van der Waals surface area (Å²) in [7, 11) is 0. The molecular formula is C16H13N2O2SY-. The van der Waals surface area contributed by atoms with Gasteiger partial charge in [0.25, 0.3) is 0 Å². The molecule has 0 saturated carbocycles. The van der Waals surface area contributed by atoms with Gasteiger partial charge in [-0.15, -0.1) is 12.1 Å². The van der Waals surface area contributed by atoms with Crippen LogP contribution in [0.4, 0.5) is 0 Å². The van der Waals surface area contributed by atoms with Crippen LogP contribution in [0.1, 0.15) is 21.5 Å². The van der Waals surface area contributed by atoms with Crippen molar-refractivity contribution < 1.29 is 42.6 Å². The molecule has 0 bridgehead atoms. The van der Waals surface area contributed by atoms with Gasteiger partial charge in [0.2, 0.25) is 0 Å². The summed E-state index contributed by atoms with van der Waals surface area (Å²) >= 11 is 1.59. The Morgan fingerprint density at radius 2 is 2.09 bits per heavy atom. The number of hydrogen-bond donors (Lipinski definition) is 2. The normalized spacial score (nSPS) is 10.4. The molecule has 22 heavy (non-hydrogen) atoms. The third-order valence-electron chi connectivity index (χ3n) is 3.11. The molecule has 3 rings (SSSR count). The minimum atomic E-state index is -0.905. The minimum absolute atomic E-state index is 0. The van der Waals surface area contributed by atoms with Gasteiger partial charge in [-0.05, 0) is 28.7 Å². The number of aromatic nitrogens is 2. The van der Waals surface area contributed by atoms with E-state index in [2.05, 4.69) is 16.0 Å². The maximum Gasteiger partial charge on any atom is 0.335 e. The van der Waals surface area contributed by atoms with Crippen LogP contribution in [0.25, 0.3) is 11.0 Å². The number of H-pyrrole nitrogens is 1. The Bertz CT molecular complexity index is 800. The molecule has 0 unspecified atom stereocenters. The number of carboxylic acid groups (broad SMARTS) is 1. The second-order valence-corrected chi connectivity index (χ2v) is 5.71. The number of aromatic carboxylic acids is 1. The van der Waals surface area contributed by atoms with Gasteiger partial charge < -0.3 is 10.1 Å². The molecular weight excluding hydrogens is 373 g/mol. The van der Waals surface area contributed by atoms with Crippen LogP contribution in [-0.2, 0) is 38.5 Å². The van der Waals surface area contributed by atoms with Crippen LogP contribution in [0.15, 0.2) is 41.6 Å². The zero-order valence-corrected chi connectivity index (χ0v) is 15.6. The second-order valence-electron chi connectivity index (χ2n) is 4.75. The summed E-state index contributed by atoms with van der Waals surface area (Å²) in [5.74, 6) is -0.166. The molecule has 4 nitrogen and oxygen atoms in total. The molecule has 6 heteroatoms. The Hall–Kier alpha value is -1.17. The zero-order valence-electron chi connectivity index (χ0n) is 12.0. The van der Waals surface area contributed by atoms with Crippen LogP contribution in [0.3, 0.4) is 0 Å². The molecule has 2 aromatic carbocycles. The molecule has 0 amide bonds. The number of fused-ring (bicyclic) bond motifs is 1. The fraction of sp³-hybridized carbons (Fsp3) is 0.125. The third-order valence-corrected chi connectivity index (χ3v) is 4.06. The molecule has 0 aliphatic heterocycles. The predicted molar refractivity (Wildman–Crippen MR) is 82.6 cm³/mol. The summed E-state index contributed by atoms with van der Waals surface area (Å²) in [6.45, 7) is 2.00. The standard InChI is InChI=1S/C16H13N2O2S.Y/c1-10-2-7-13-14(8-10)18-16(17-13)21-9-11-3-5-12(6-4-11)15(19)20;/h3-8H,9H2,1H3,(H,17,18)(H,19,20);/q-1;. The van der Waals surface area contributed by atoms with E-state index in [1.165, 1.54) is 0 Å². The molecule has 0 atom stereocenters. The fourth-order valence-corrected chi connectivity index (χ4v) is 2.84. The first kappa shape index (κ1) is 17.2. The van der Waals surface area contributed by atoms with E-state index in [0.29, 0.717) is 5.56 Å². The van der Waals surface area contributed by atoms with Crippen molar-refractivity contribution in [2.24, 2.45) is 0 Å². The van der Waals surface area contributed by atoms with Gasteiger partial charge in [-0.25, -0.2) is 4.79 Å². The van der Waals surface area contributed by atoms with Gasteiger partial charge in [0, 0.05) is 38.5 Å². The van der Waals surface area contributed by atoms with Crippen molar-refractivity contribution in [2.75, 3.05) is 0 Å². The summed E-state index contributed by atoms with van der Waals surface area (Å²) in [6, 6.07) is 13.9. The first-order valence-electron chi connectivity index (χ1n) is 6.45. The first-order valence-corrected chi connectivity index (χ1v) is 7.43. The van der Waals surface area contributed by atoms with Crippen molar-refractivity contribution in [3.63, 3.8) is 0 Å². The molecule has 0 aliphatic rings. The molecule has 0 spiro atoms. The SMILES string of the molecule is Cc1[c-]cc2nc(SCc3ccc(C(=O)O)cc3)[nH]c2c1.[Y]. The fourth-order valence-electron chi connectivity index (χ4n) is 2.00. The van der Waals surface area contributed by atoms with Gasteiger partial charge in [0.1, 0.15) is 0 Å². The summed E-state index contributed by atoms with van der Waals surface area (Å²) in [5, 5.41) is 9.72. The number of thioether (sulfide) groups is 1. The summed E-state index contributed by atoms with van der Waals surface area (Å²) in [4.78, 5) is 18.6. The van der Waals surface area contributed by atoms with E-state index >= 15 is 0 Å². The van der Waals surface area contributed by atoms with Crippen LogP contribution in [0.5, 0.6) is 0 Å². The number of nitrogens with zero attached hydrogens (tertiary/aromatic N) is 1. The van der Waals surface area contributed by atoms with Crippen LogP contribution in [0.2, 0.25) is 0 Å². The Balaban J connectivity index is 0.00000176. The molecule has 1 radical (unpaired) electrons. The number of carbonyl (C=O) groups is 1. The maximum atomic E-state index is 10.8. The zero-order chi connectivity index (χ0) is 14.8. The van der Waals surface area contributed by atoms with Crippen LogP contribution in [0, 0.1) is 13.0 Å². The molecule has 2 N–H and O–H groups in total. The Kier molecular flexibility index (Phi) is 5.78. The van der Waals surface area contributed by atoms with Gasteiger partial charge >= 0.3 is 5.97 Å².